The summed E-state index contributed by atoms with van der Waals surface area (Å²) in [5.41, 5.74) is 0.628. The predicted octanol–water partition coefficient (Wildman–Crippen LogP) is 4.43. The smallest absolute Gasteiger partial charge is 0.281 e. The van der Waals surface area contributed by atoms with Gasteiger partial charge in [0.15, 0.2) is 4.80 Å². The molecular formula is C15H9Cl2FN2OS. The molecule has 0 fully saturated rings. The van der Waals surface area contributed by atoms with Crippen LogP contribution in [0.1, 0.15) is 10.4 Å². The van der Waals surface area contributed by atoms with E-state index < -0.39 is 5.91 Å². The Morgan fingerprint density at radius 2 is 2.05 bits per heavy atom. The van der Waals surface area contributed by atoms with Gasteiger partial charge >= 0.3 is 0 Å². The van der Waals surface area contributed by atoms with Gasteiger partial charge in [-0.05, 0) is 30.3 Å². The molecule has 3 rings (SSSR count). The minimum atomic E-state index is -0.518. The number of aromatic nitrogens is 1. The Balaban J connectivity index is 2.16. The van der Waals surface area contributed by atoms with E-state index in [0.717, 1.165) is 0 Å². The van der Waals surface area contributed by atoms with Crippen LogP contribution in [0.25, 0.3) is 10.2 Å². The van der Waals surface area contributed by atoms with Crippen LogP contribution in [-0.4, -0.2) is 10.5 Å². The number of thiazole rings is 1. The van der Waals surface area contributed by atoms with Gasteiger partial charge in [0, 0.05) is 12.1 Å². The molecule has 112 valence electrons. The third-order valence-corrected chi connectivity index (χ3v) is 4.79. The molecule has 3 aromatic rings. The molecule has 0 aliphatic carbocycles. The highest BCUT2D eigenvalue weighted by atomic mass is 35.5. The first-order chi connectivity index (χ1) is 10.5. The van der Waals surface area contributed by atoms with E-state index in [4.69, 9.17) is 23.2 Å². The van der Waals surface area contributed by atoms with Crippen molar-refractivity contribution in [2.45, 2.75) is 0 Å². The summed E-state index contributed by atoms with van der Waals surface area (Å²) in [5, 5.41) is 0.669. The maximum Gasteiger partial charge on any atom is 0.281 e. The molecule has 0 N–H and O–H groups in total. The molecule has 1 aromatic heterocycles. The summed E-state index contributed by atoms with van der Waals surface area (Å²) in [6.07, 6.45) is 0. The van der Waals surface area contributed by atoms with Crippen LogP contribution in [0.15, 0.2) is 41.4 Å². The van der Waals surface area contributed by atoms with Gasteiger partial charge in [-0.2, -0.15) is 4.99 Å². The van der Waals surface area contributed by atoms with Gasteiger partial charge in [-0.15, -0.1) is 0 Å². The summed E-state index contributed by atoms with van der Waals surface area (Å²) < 4.78 is 16.1. The number of carbonyl (C=O) groups excluding carboxylic acids is 1. The Hall–Kier alpha value is -1.69. The summed E-state index contributed by atoms with van der Waals surface area (Å²) in [5.74, 6) is -0.874. The van der Waals surface area contributed by atoms with Crippen LogP contribution in [0.2, 0.25) is 10.0 Å². The van der Waals surface area contributed by atoms with Gasteiger partial charge in [0.05, 0.1) is 20.8 Å². The Bertz CT molecular complexity index is 962. The van der Waals surface area contributed by atoms with Crippen LogP contribution in [0.4, 0.5) is 4.39 Å². The Morgan fingerprint density at radius 1 is 1.27 bits per heavy atom. The molecule has 1 amide bonds. The lowest BCUT2D eigenvalue weighted by Gasteiger charge is -2.00. The zero-order valence-electron chi connectivity index (χ0n) is 11.3. The third-order valence-electron chi connectivity index (χ3n) is 3.13. The first kappa shape index (κ1) is 15.2. The molecule has 22 heavy (non-hydrogen) atoms. The molecule has 0 saturated heterocycles. The summed E-state index contributed by atoms with van der Waals surface area (Å²) >= 11 is 13.1. The minimum Gasteiger partial charge on any atom is -0.317 e. The molecule has 0 aliphatic heterocycles. The fourth-order valence-corrected chi connectivity index (χ4v) is 3.47. The van der Waals surface area contributed by atoms with E-state index in [0.29, 0.717) is 20.0 Å². The maximum absolute atomic E-state index is 13.9. The molecule has 2 aromatic carbocycles. The van der Waals surface area contributed by atoms with Crippen molar-refractivity contribution in [1.82, 2.24) is 4.57 Å². The fraction of sp³-hybridized carbons (Fsp3) is 0.0667. The van der Waals surface area contributed by atoms with Crippen LogP contribution in [0, 0.1) is 5.82 Å². The van der Waals surface area contributed by atoms with Gasteiger partial charge in [-0.1, -0.05) is 40.6 Å². The van der Waals surface area contributed by atoms with E-state index in [-0.39, 0.29) is 16.4 Å². The lowest BCUT2D eigenvalue weighted by atomic mass is 10.2. The fourth-order valence-electron chi connectivity index (χ4n) is 2.07. The summed E-state index contributed by atoms with van der Waals surface area (Å²) in [4.78, 5) is 16.7. The Kier molecular flexibility index (Phi) is 4.04. The highest BCUT2D eigenvalue weighted by Crippen LogP contribution is 2.22. The number of aryl methyl sites for hydroxylation is 1. The molecule has 0 atom stereocenters. The highest BCUT2D eigenvalue weighted by Gasteiger charge is 2.12. The second-order valence-electron chi connectivity index (χ2n) is 4.57. The van der Waals surface area contributed by atoms with Crippen molar-refractivity contribution in [3.63, 3.8) is 0 Å². The predicted molar refractivity (Wildman–Crippen MR) is 87.1 cm³/mol. The topological polar surface area (TPSA) is 34.4 Å². The molecule has 7 heteroatoms. The standard InChI is InChI=1S/C15H9Cl2FN2OS/c1-20-13-11(18)3-2-4-12(13)22-15(20)19-14(21)9-7-8(16)5-6-10(9)17/h2-7H,1H3. The average molecular weight is 355 g/mol. The van der Waals surface area contributed by atoms with Crippen molar-refractivity contribution in [2.24, 2.45) is 12.0 Å². The highest BCUT2D eigenvalue weighted by molar-refractivity contribution is 7.16. The lowest BCUT2D eigenvalue weighted by molar-refractivity contribution is 0.0998. The van der Waals surface area contributed by atoms with Gasteiger partial charge in [-0.25, -0.2) is 4.39 Å². The quantitative estimate of drug-likeness (QED) is 0.636. The first-order valence-corrected chi connectivity index (χ1v) is 7.83. The number of carbonyl (C=O) groups is 1. The van der Waals surface area contributed by atoms with Crippen LogP contribution < -0.4 is 4.80 Å². The minimum absolute atomic E-state index is 0.215. The van der Waals surface area contributed by atoms with Gasteiger partial charge in [0.1, 0.15) is 5.82 Å². The van der Waals surface area contributed by atoms with Crippen LogP contribution in [0.3, 0.4) is 0 Å². The molecule has 0 aliphatic rings. The SMILES string of the molecule is Cn1c(=NC(=O)c2cc(Cl)ccc2Cl)sc2cccc(F)c21. The van der Waals surface area contributed by atoms with Gasteiger partial charge in [0.2, 0.25) is 0 Å². The van der Waals surface area contributed by atoms with E-state index in [2.05, 4.69) is 4.99 Å². The zero-order chi connectivity index (χ0) is 15.9. The normalized spacial score (nSPS) is 12.1. The van der Waals surface area contributed by atoms with Crippen LogP contribution >= 0.6 is 34.5 Å². The van der Waals surface area contributed by atoms with Crippen molar-refractivity contribution >= 4 is 50.7 Å². The monoisotopic (exact) mass is 354 g/mol. The van der Waals surface area contributed by atoms with Gasteiger partial charge < -0.3 is 4.57 Å². The van der Waals surface area contributed by atoms with Crippen molar-refractivity contribution in [3.05, 3.63) is 62.6 Å². The second-order valence-corrected chi connectivity index (χ2v) is 6.42. The molecule has 0 radical (unpaired) electrons. The lowest BCUT2D eigenvalue weighted by Crippen LogP contribution is -2.14. The number of halogens is 3. The number of rotatable bonds is 1. The van der Waals surface area contributed by atoms with E-state index in [1.54, 1.807) is 29.8 Å². The van der Waals surface area contributed by atoms with Gasteiger partial charge in [-0.3, -0.25) is 4.79 Å². The molecule has 3 nitrogen and oxygen atoms in total. The largest absolute Gasteiger partial charge is 0.317 e. The molecule has 0 spiro atoms. The van der Waals surface area contributed by atoms with Crippen molar-refractivity contribution < 1.29 is 9.18 Å². The van der Waals surface area contributed by atoms with E-state index in [1.807, 2.05) is 0 Å². The molecule has 0 saturated carbocycles. The number of fused-ring (bicyclic) bond motifs is 1. The van der Waals surface area contributed by atoms with Crippen LogP contribution in [-0.2, 0) is 7.05 Å². The zero-order valence-corrected chi connectivity index (χ0v) is 13.6. The summed E-state index contributed by atoms with van der Waals surface area (Å²) in [6.45, 7) is 0. The number of amides is 1. The Labute approximate surface area is 139 Å². The molecule has 0 unspecified atom stereocenters. The second kappa shape index (κ2) is 5.83. The summed E-state index contributed by atoms with van der Waals surface area (Å²) in [6, 6.07) is 9.36. The number of benzene rings is 2. The molecule has 0 bridgehead atoms. The summed E-state index contributed by atoms with van der Waals surface area (Å²) in [7, 11) is 1.66. The van der Waals surface area contributed by atoms with Crippen molar-refractivity contribution in [3.8, 4) is 0 Å². The average Bonchev–Trinajstić information content (AvgIpc) is 2.79. The van der Waals surface area contributed by atoms with E-state index in [9.17, 15) is 9.18 Å². The van der Waals surface area contributed by atoms with Crippen LogP contribution in [0.5, 0.6) is 0 Å². The molecule has 1 heterocycles. The number of para-hydroxylation sites is 1. The van der Waals surface area contributed by atoms with E-state index >= 15 is 0 Å². The maximum atomic E-state index is 13.9. The third kappa shape index (κ3) is 2.67. The molecular weight excluding hydrogens is 346 g/mol. The first-order valence-electron chi connectivity index (χ1n) is 6.25. The Morgan fingerprint density at radius 3 is 2.77 bits per heavy atom. The number of hydrogen-bond acceptors (Lipinski definition) is 2. The van der Waals surface area contributed by atoms with E-state index in [1.165, 1.54) is 29.5 Å². The van der Waals surface area contributed by atoms with Gasteiger partial charge in [0.25, 0.3) is 5.91 Å². The number of nitrogens with zero attached hydrogens (tertiary/aromatic N) is 2. The van der Waals surface area contributed by atoms with Crippen molar-refractivity contribution in [2.75, 3.05) is 0 Å². The van der Waals surface area contributed by atoms with Crippen molar-refractivity contribution in [1.29, 1.82) is 0 Å². The number of hydrogen-bond donors (Lipinski definition) is 0.